The topological polar surface area (TPSA) is 47.6 Å². The number of hydrogen-bond donors (Lipinski definition) is 1. The molecular weight excluding hydrogens is 302 g/mol. The quantitative estimate of drug-likeness (QED) is 0.716. The maximum Gasteiger partial charge on any atom is 0.176 e. The molecule has 0 amide bonds. The lowest BCUT2D eigenvalue weighted by Gasteiger charge is -2.13. The molecule has 0 aliphatic carbocycles. The number of aryl methyl sites for hydroxylation is 1. The van der Waals surface area contributed by atoms with Gasteiger partial charge < -0.3 is 14.8 Å². The third kappa shape index (κ3) is 5.39. The number of Topliss-reactive ketones (excluding diaryl/α,β-unsaturated/α-hetero) is 1. The third-order valence-electron chi connectivity index (χ3n) is 4.02. The van der Waals surface area contributed by atoms with Crippen molar-refractivity contribution in [3.8, 4) is 11.5 Å². The lowest BCUT2D eigenvalue weighted by molar-refractivity contribution is 0.0987. The second-order valence-corrected chi connectivity index (χ2v) is 5.82. The SMILES string of the molecule is COc1ccc(C(=O)CNC(C)CCc2cccc(OC)c2)cc1. The summed E-state index contributed by atoms with van der Waals surface area (Å²) in [5.74, 6) is 1.72. The average molecular weight is 327 g/mol. The molecule has 0 bridgehead atoms. The van der Waals surface area contributed by atoms with E-state index in [1.54, 1.807) is 38.5 Å². The number of hydrogen-bond acceptors (Lipinski definition) is 4. The molecule has 4 nitrogen and oxygen atoms in total. The van der Waals surface area contributed by atoms with Crippen LogP contribution in [0.5, 0.6) is 11.5 Å². The minimum absolute atomic E-state index is 0.0888. The molecule has 0 radical (unpaired) electrons. The Morgan fingerprint density at radius 2 is 1.75 bits per heavy atom. The highest BCUT2D eigenvalue weighted by Gasteiger charge is 2.09. The van der Waals surface area contributed by atoms with E-state index in [1.165, 1.54) is 5.56 Å². The number of ketones is 1. The summed E-state index contributed by atoms with van der Waals surface area (Å²) in [6, 6.07) is 15.6. The first kappa shape index (κ1) is 18.0. The van der Waals surface area contributed by atoms with E-state index < -0.39 is 0 Å². The fourth-order valence-corrected chi connectivity index (χ4v) is 2.46. The zero-order valence-corrected chi connectivity index (χ0v) is 14.5. The van der Waals surface area contributed by atoms with E-state index in [1.807, 2.05) is 12.1 Å². The fraction of sp³-hybridized carbons (Fsp3) is 0.350. The summed E-state index contributed by atoms with van der Waals surface area (Å²) in [5, 5.41) is 3.30. The predicted octanol–water partition coefficient (Wildman–Crippen LogP) is 3.50. The largest absolute Gasteiger partial charge is 0.497 e. The van der Waals surface area contributed by atoms with Crippen molar-refractivity contribution in [2.45, 2.75) is 25.8 Å². The van der Waals surface area contributed by atoms with Gasteiger partial charge >= 0.3 is 0 Å². The van der Waals surface area contributed by atoms with Gasteiger partial charge in [0.05, 0.1) is 20.8 Å². The van der Waals surface area contributed by atoms with Crippen LogP contribution in [0, 0.1) is 0 Å². The summed E-state index contributed by atoms with van der Waals surface area (Å²) in [7, 11) is 3.29. The number of carbonyl (C=O) groups excluding carboxylic acids is 1. The van der Waals surface area contributed by atoms with E-state index in [-0.39, 0.29) is 11.8 Å². The third-order valence-corrected chi connectivity index (χ3v) is 4.02. The Kier molecular flexibility index (Phi) is 6.82. The van der Waals surface area contributed by atoms with Crippen LogP contribution in [-0.4, -0.2) is 32.6 Å². The van der Waals surface area contributed by atoms with E-state index in [0.717, 1.165) is 24.3 Å². The maximum atomic E-state index is 12.2. The van der Waals surface area contributed by atoms with Crippen molar-refractivity contribution in [3.05, 3.63) is 59.7 Å². The first-order valence-electron chi connectivity index (χ1n) is 8.16. The minimum atomic E-state index is 0.0888. The molecule has 1 N–H and O–H groups in total. The minimum Gasteiger partial charge on any atom is -0.497 e. The highest BCUT2D eigenvalue weighted by atomic mass is 16.5. The molecule has 2 rings (SSSR count). The van der Waals surface area contributed by atoms with Gasteiger partial charge in [0.1, 0.15) is 11.5 Å². The van der Waals surface area contributed by atoms with E-state index >= 15 is 0 Å². The molecule has 0 aliphatic rings. The van der Waals surface area contributed by atoms with Crippen LogP contribution in [0.4, 0.5) is 0 Å². The first-order chi connectivity index (χ1) is 11.6. The standard InChI is InChI=1S/C20H25NO3/c1-15(7-8-16-5-4-6-19(13-16)24-3)21-14-20(22)17-9-11-18(23-2)12-10-17/h4-6,9-13,15,21H,7-8,14H2,1-3H3. The van der Waals surface area contributed by atoms with Crippen LogP contribution in [0.2, 0.25) is 0 Å². The Morgan fingerprint density at radius 1 is 1.04 bits per heavy atom. The zero-order chi connectivity index (χ0) is 17.4. The molecule has 2 aromatic rings. The number of ether oxygens (including phenoxy) is 2. The van der Waals surface area contributed by atoms with E-state index in [4.69, 9.17) is 9.47 Å². The molecule has 0 saturated carbocycles. The summed E-state index contributed by atoms with van der Waals surface area (Å²) in [6.07, 6.45) is 1.91. The fourth-order valence-electron chi connectivity index (χ4n) is 2.46. The van der Waals surface area contributed by atoms with Gasteiger partial charge in [0, 0.05) is 11.6 Å². The van der Waals surface area contributed by atoms with Gasteiger partial charge in [-0.1, -0.05) is 12.1 Å². The molecule has 2 aromatic carbocycles. The van der Waals surface area contributed by atoms with E-state index in [0.29, 0.717) is 12.1 Å². The van der Waals surface area contributed by atoms with Gasteiger partial charge in [0.15, 0.2) is 5.78 Å². The number of nitrogens with one attached hydrogen (secondary N) is 1. The number of methoxy groups -OCH3 is 2. The summed E-state index contributed by atoms with van der Waals surface area (Å²) < 4.78 is 10.3. The molecule has 4 heteroatoms. The van der Waals surface area contributed by atoms with Crippen LogP contribution in [0.15, 0.2) is 48.5 Å². The predicted molar refractivity (Wildman–Crippen MR) is 96.1 cm³/mol. The summed E-state index contributed by atoms with van der Waals surface area (Å²) in [5.41, 5.74) is 1.94. The molecule has 0 heterocycles. The van der Waals surface area contributed by atoms with Gasteiger partial charge in [-0.05, 0) is 61.7 Å². The molecule has 24 heavy (non-hydrogen) atoms. The Bertz CT molecular complexity index is 652. The van der Waals surface area contributed by atoms with Gasteiger partial charge in [0.2, 0.25) is 0 Å². The van der Waals surface area contributed by atoms with Crippen molar-refractivity contribution in [1.29, 1.82) is 0 Å². The molecule has 1 atom stereocenters. The second kappa shape index (κ2) is 9.08. The zero-order valence-electron chi connectivity index (χ0n) is 14.5. The molecule has 0 spiro atoms. The van der Waals surface area contributed by atoms with Gasteiger partial charge in [-0.2, -0.15) is 0 Å². The molecule has 0 fully saturated rings. The number of carbonyl (C=O) groups is 1. The van der Waals surface area contributed by atoms with Crippen molar-refractivity contribution in [3.63, 3.8) is 0 Å². The monoisotopic (exact) mass is 327 g/mol. The highest BCUT2D eigenvalue weighted by molar-refractivity contribution is 5.97. The number of benzene rings is 2. The Hall–Kier alpha value is -2.33. The van der Waals surface area contributed by atoms with Crippen molar-refractivity contribution in [2.24, 2.45) is 0 Å². The smallest absolute Gasteiger partial charge is 0.176 e. The first-order valence-corrected chi connectivity index (χ1v) is 8.16. The lowest BCUT2D eigenvalue weighted by Crippen LogP contribution is -2.31. The van der Waals surface area contributed by atoms with Crippen molar-refractivity contribution in [2.75, 3.05) is 20.8 Å². The van der Waals surface area contributed by atoms with E-state index in [2.05, 4.69) is 24.4 Å². The summed E-state index contributed by atoms with van der Waals surface area (Å²) in [4.78, 5) is 12.2. The second-order valence-electron chi connectivity index (χ2n) is 5.82. The summed E-state index contributed by atoms with van der Waals surface area (Å²) in [6.45, 7) is 2.44. The highest BCUT2D eigenvalue weighted by Crippen LogP contribution is 2.15. The molecular formula is C20H25NO3. The van der Waals surface area contributed by atoms with Gasteiger partial charge in [-0.25, -0.2) is 0 Å². The van der Waals surface area contributed by atoms with Crippen LogP contribution >= 0.6 is 0 Å². The van der Waals surface area contributed by atoms with Crippen LogP contribution in [-0.2, 0) is 6.42 Å². The Morgan fingerprint density at radius 3 is 2.42 bits per heavy atom. The van der Waals surface area contributed by atoms with Crippen molar-refractivity contribution >= 4 is 5.78 Å². The molecule has 0 saturated heterocycles. The molecule has 1 unspecified atom stereocenters. The van der Waals surface area contributed by atoms with E-state index in [9.17, 15) is 4.79 Å². The molecule has 0 aromatic heterocycles. The Labute approximate surface area is 143 Å². The lowest BCUT2D eigenvalue weighted by atomic mass is 10.1. The summed E-state index contributed by atoms with van der Waals surface area (Å²) >= 11 is 0. The van der Waals surface area contributed by atoms with Crippen molar-refractivity contribution in [1.82, 2.24) is 5.32 Å². The molecule has 0 aliphatic heterocycles. The van der Waals surface area contributed by atoms with Crippen LogP contribution < -0.4 is 14.8 Å². The number of rotatable bonds is 9. The van der Waals surface area contributed by atoms with Crippen LogP contribution in [0.1, 0.15) is 29.3 Å². The normalized spacial score (nSPS) is 11.8. The van der Waals surface area contributed by atoms with Crippen LogP contribution in [0.25, 0.3) is 0 Å². The van der Waals surface area contributed by atoms with Crippen molar-refractivity contribution < 1.29 is 14.3 Å². The van der Waals surface area contributed by atoms with Gasteiger partial charge in [-0.3, -0.25) is 4.79 Å². The Balaban J connectivity index is 1.77. The van der Waals surface area contributed by atoms with Gasteiger partial charge in [-0.15, -0.1) is 0 Å². The van der Waals surface area contributed by atoms with Gasteiger partial charge in [0.25, 0.3) is 0 Å². The average Bonchev–Trinajstić information content (AvgIpc) is 2.64. The van der Waals surface area contributed by atoms with Crippen LogP contribution in [0.3, 0.4) is 0 Å². The molecule has 128 valence electrons. The maximum absolute atomic E-state index is 12.2.